The molecule has 0 bridgehead atoms. The van der Waals surface area contributed by atoms with Crippen LogP contribution in [0.5, 0.6) is 0 Å². The molecule has 0 aliphatic carbocycles. The molecule has 7 heteroatoms. The van der Waals surface area contributed by atoms with Gasteiger partial charge in [0, 0.05) is 5.56 Å². The van der Waals surface area contributed by atoms with E-state index in [0.717, 1.165) is 5.56 Å². The molecule has 0 fully saturated rings. The summed E-state index contributed by atoms with van der Waals surface area (Å²) >= 11 is 0. The minimum atomic E-state index is -0.726. The average Bonchev–Trinajstić information content (AvgIpc) is 3.22. The fourth-order valence-corrected chi connectivity index (χ4v) is 2.50. The summed E-state index contributed by atoms with van der Waals surface area (Å²) < 4.78 is 5.07. The first-order valence-corrected chi connectivity index (χ1v) is 8.57. The van der Waals surface area contributed by atoms with Crippen molar-refractivity contribution in [3.05, 3.63) is 66.9 Å². The van der Waals surface area contributed by atoms with Crippen molar-refractivity contribution in [2.45, 2.75) is 19.9 Å². The molecular weight excluding hydrogens is 344 g/mol. The monoisotopic (exact) mass is 364 g/mol. The molecule has 3 aromatic rings. The van der Waals surface area contributed by atoms with Gasteiger partial charge in [0.2, 0.25) is 5.91 Å². The van der Waals surface area contributed by atoms with E-state index < -0.39 is 11.9 Å². The Morgan fingerprint density at radius 2 is 1.70 bits per heavy atom. The number of benzene rings is 1. The van der Waals surface area contributed by atoms with Gasteiger partial charge in [-0.25, -0.2) is 9.97 Å². The Morgan fingerprint density at radius 1 is 1.00 bits per heavy atom. The second-order valence-electron chi connectivity index (χ2n) is 6.32. The van der Waals surface area contributed by atoms with Gasteiger partial charge >= 0.3 is 0 Å². The van der Waals surface area contributed by atoms with Crippen LogP contribution < -0.4 is 10.6 Å². The third-order valence-electron chi connectivity index (χ3n) is 3.93. The van der Waals surface area contributed by atoms with Crippen molar-refractivity contribution < 1.29 is 14.0 Å². The zero-order valence-electron chi connectivity index (χ0n) is 15.0. The minimum absolute atomic E-state index is 0.117. The van der Waals surface area contributed by atoms with Crippen molar-refractivity contribution in [3.8, 4) is 11.4 Å². The maximum Gasteiger partial charge on any atom is 0.287 e. The zero-order valence-corrected chi connectivity index (χ0v) is 15.0. The van der Waals surface area contributed by atoms with Crippen molar-refractivity contribution in [1.82, 2.24) is 15.3 Å². The molecule has 2 heterocycles. The van der Waals surface area contributed by atoms with Crippen molar-refractivity contribution >= 4 is 17.5 Å². The number of furan rings is 1. The van der Waals surface area contributed by atoms with Gasteiger partial charge in [-0.15, -0.1) is 0 Å². The second-order valence-corrected chi connectivity index (χ2v) is 6.32. The molecule has 138 valence electrons. The Balaban J connectivity index is 1.67. The zero-order chi connectivity index (χ0) is 19.2. The van der Waals surface area contributed by atoms with Crippen LogP contribution in [0.4, 0.5) is 5.69 Å². The van der Waals surface area contributed by atoms with E-state index in [-0.39, 0.29) is 17.6 Å². The number of hydrogen-bond acceptors (Lipinski definition) is 5. The topological polar surface area (TPSA) is 97.1 Å². The fourth-order valence-electron chi connectivity index (χ4n) is 2.50. The molecule has 2 N–H and O–H groups in total. The van der Waals surface area contributed by atoms with Crippen molar-refractivity contribution in [1.29, 1.82) is 0 Å². The van der Waals surface area contributed by atoms with E-state index in [1.807, 2.05) is 44.2 Å². The third kappa shape index (κ3) is 4.58. The number of carbonyl (C=O) groups is 2. The highest BCUT2D eigenvalue weighted by molar-refractivity contribution is 6.00. The molecule has 3 rings (SSSR count). The fraction of sp³-hybridized carbons (Fsp3) is 0.200. The average molecular weight is 364 g/mol. The summed E-state index contributed by atoms with van der Waals surface area (Å²) in [7, 11) is 0. The number of carbonyl (C=O) groups excluding carboxylic acids is 2. The summed E-state index contributed by atoms with van der Waals surface area (Å²) in [5, 5.41) is 5.43. The number of nitrogens with one attached hydrogen (secondary N) is 2. The first-order valence-electron chi connectivity index (χ1n) is 8.57. The number of nitrogens with zero attached hydrogens (tertiary/aromatic N) is 2. The highest BCUT2D eigenvalue weighted by atomic mass is 16.3. The van der Waals surface area contributed by atoms with E-state index in [0.29, 0.717) is 11.5 Å². The number of aromatic nitrogens is 2. The van der Waals surface area contributed by atoms with Crippen LogP contribution in [0.2, 0.25) is 0 Å². The number of hydrogen-bond donors (Lipinski definition) is 2. The lowest BCUT2D eigenvalue weighted by molar-refractivity contribution is -0.118. The van der Waals surface area contributed by atoms with Gasteiger partial charge in [0.1, 0.15) is 6.04 Å². The van der Waals surface area contributed by atoms with Gasteiger partial charge in [-0.05, 0) is 18.1 Å². The summed E-state index contributed by atoms with van der Waals surface area (Å²) in [6.07, 6.45) is 4.49. The maximum absolute atomic E-state index is 12.6. The number of rotatable bonds is 6. The normalized spacial score (nSPS) is 11.8. The number of anilines is 1. The van der Waals surface area contributed by atoms with Crippen molar-refractivity contribution in [2.75, 3.05) is 5.32 Å². The summed E-state index contributed by atoms with van der Waals surface area (Å²) in [4.78, 5) is 33.3. The Bertz CT molecular complexity index is 891. The van der Waals surface area contributed by atoms with E-state index in [9.17, 15) is 9.59 Å². The molecule has 0 saturated heterocycles. The van der Waals surface area contributed by atoms with Crippen LogP contribution in [0.15, 0.2) is 65.5 Å². The van der Waals surface area contributed by atoms with E-state index in [1.165, 1.54) is 6.26 Å². The highest BCUT2D eigenvalue weighted by Gasteiger charge is 2.25. The Hall–Kier alpha value is -3.48. The lowest BCUT2D eigenvalue weighted by Crippen LogP contribution is -2.47. The van der Waals surface area contributed by atoms with Gasteiger partial charge in [0.15, 0.2) is 11.6 Å². The van der Waals surface area contributed by atoms with Crippen LogP contribution in [0.3, 0.4) is 0 Å². The standard InChI is InChI=1S/C20H20N4O3/c1-13(2)17(24-19(25)16-9-6-10-27-16)20(26)23-15-11-21-18(22-12-15)14-7-4-3-5-8-14/h3-13,17H,1-2H3,(H,23,26)(H,24,25). The molecule has 0 radical (unpaired) electrons. The van der Waals surface area contributed by atoms with Crippen LogP contribution in [-0.4, -0.2) is 27.8 Å². The third-order valence-corrected chi connectivity index (χ3v) is 3.93. The van der Waals surface area contributed by atoms with Gasteiger partial charge in [-0.1, -0.05) is 44.2 Å². The molecule has 2 aromatic heterocycles. The smallest absolute Gasteiger partial charge is 0.287 e. The lowest BCUT2D eigenvalue weighted by Gasteiger charge is -2.21. The summed E-state index contributed by atoms with van der Waals surface area (Å²) in [5.41, 5.74) is 1.35. The quantitative estimate of drug-likeness (QED) is 0.700. The molecule has 0 aliphatic rings. The van der Waals surface area contributed by atoms with E-state index in [4.69, 9.17) is 4.42 Å². The lowest BCUT2D eigenvalue weighted by atomic mass is 10.0. The van der Waals surface area contributed by atoms with Crippen LogP contribution >= 0.6 is 0 Å². The summed E-state index contributed by atoms with van der Waals surface area (Å²) in [5.74, 6) is -0.178. The van der Waals surface area contributed by atoms with Crippen LogP contribution in [-0.2, 0) is 4.79 Å². The van der Waals surface area contributed by atoms with Crippen LogP contribution in [0, 0.1) is 5.92 Å². The Kier molecular flexibility index (Phi) is 5.61. The molecule has 1 unspecified atom stereocenters. The molecular formula is C20H20N4O3. The molecule has 1 aromatic carbocycles. The van der Waals surface area contributed by atoms with Gasteiger partial charge in [0.25, 0.3) is 5.91 Å². The van der Waals surface area contributed by atoms with E-state index >= 15 is 0 Å². The molecule has 27 heavy (non-hydrogen) atoms. The van der Waals surface area contributed by atoms with E-state index in [2.05, 4.69) is 20.6 Å². The first kappa shape index (κ1) is 18.3. The second kappa shape index (κ2) is 8.27. The van der Waals surface area contributed by atoms with Gasteiger partial charge in [-0.3, -0.25) is 9.59 Å². The molecule has 0 saturated carbocycles. The summed E-state index contributed by atoms with van der Waals surface area (Å²) in [6, 6.07) is 12.0. The maximum atomic E-state index is 12.6. The van der Waals surface area contributed by atoms with Crippen molar-refractivity contribution in [3.63, 3.8) is 0 Å². The predicted molar refractivity (Wildman–Crippen MR) is 101 cm³/mol. The predicted octanol–water partition coefficient (Wildman–Crippen LogP) is 3.13. The minimum Gasteiger partial charge on any atom is -0.459 e. The molecule has 2 amide bonds. The Morgan fingerprint density at radius 3 is 2.30 bits per heavy atom. The Labute approximate surface area is 156 Å². The SMILES string of the molecule is CC(C)C(NC(=O)c1ccco1)C(=O)Nc1cnc(-c2ccccc2)nc1. The van der Waals surface area contributed by atoms with E-state index in [1.54, 1.807) is 24.5 Å². The van der Waals surface area contributed by atoms with Gasteiger partial charge < -0.3 is 15.1 Å². The van der Waals surface area contributed by atoms with Crippen LogP contribution in [0.1, 0.15) is 24.4 Å². The van der Waals surface area contributed by atoms with Gasteiger partial charge in [-0.2, -0.15) is 0 Å². The van der Waals surface area contributed by atoms with Crippen LogP contribution in [0.25, 0.3) is 11.4 Å². The van der Waals surface area contributed by atoms with Gasteiger partial charge in [0.05, 0.1) is 24.3 Å². The highest BCUT2D eigenvalue weighted by Crippen LogP contribution is 2.15. The molecule has 7 nitrogen and oxygen atoms in total. The first-order chi connectivity index (χ1) is 13.0. The summed E-state index contributed by atoms with van der Waals surface area (Å²) in [6.45, 7) is 3.70. The largest absolute Gasteiger partial charge is 0.459 e. The number of amides is 2. The molecule has 0 spiro atoms. The molecule has 0 aliphatic heterocycles. The molecule has 1 atom stereocenters. The van der Waals surface area contributed by atoms with Crippen molar-refractivity contribution in [2.24, 2.45) is 5.92 Å².